The maximum atomic E-state index is 11.0. The Morgan fingerprint density at radius 3 is 2.67 bits per heavy atom. The molecule has 6 heteroatoms. The molecule has 6 nitrogen and oxygen atoms in total. The molecule has 2 amide bonds. The Kier molecular flexibility index (Phi) is 8.00. The number of primary amides is 1. The van der Waals surface area contributed by atoms with E-state index in [1.807, 2.05) is 6.07 Å². The summed E-state index contributed by atoms with van der Waals surface area (Å²) in [5.74, 6) is -0.486. The molecule has 0 heterocycles. The van der Waals surface area contributed by atoms with Crippen LogP contribution in [0.15, 0.2) is 0 Å². The van der Waals surface area contributed by atoms with Crippen LogP contribution < -0.4 is 16.4 Å². The van der Waals surface area contributed by atoms with Crippen molar-refractivity contribution in [2.45, 2.75) is 19.3 Å². The van der Waals surface area contributed by atoms with E-state index in [0.717, 1.165) is 0 Å². The molecule has 0 aliphatic rings. The van der Waals surface area contributed by atoms with E-state index >= 15 is 0 Å². The normalized spacial score (nSPS) is 9.27. The first kappa shape index (κ1) is 13.4. The third-order valence-electron chi connectivity index (χ3n) is 1.62. The third-order valence-corrected chi connectivity index (χ3v) is 1.62. The zero-order chi connectivity index (χ0) is 11.5. The minimum atomic E-state index is -0.338. The average Bonchev–Trinajstić information content (AvgIpc) is 2.17. The number of hydrogen-bond acceptors (Lipinski definition) is 4. The van der Waals surface area contributed by atoms with E-state index in [1.165, 1.54) is 0 Å². The Morgan fingerprint density at radius 2 is 2.07 bits per heavy atom. The van der Waals surface area contributed by atoms with E-state index < -0.39 is 0 Å². The molecular weight excluding hydrogens is 196 g/mol. The Morgan fingerprint density at radius 1 is 1.33 bits per heavy atom. The maximum Gasteiger partial charge on any atom is 0.233 e. The van der Waals surface area contributed by atoms with Crippen LogP contribution in [0.25, 0.3) is 0 Å². The molecule has 0 aliphatic heterocycles. The van der Waals surface area contributed by atoms with Crippen LogP contribution in [0.2, 0.25) is 0 Å². The molecule has 4 N–H and O–H groups in total. The number of nitriles is 1. The Bertz CT molecular complexity index is 247. The second-order valence-corrected chi connectivity index (χ2v) is 3.00. The van der Waals surface area contributed by atoms with Gasteiger partial charge >= 0.3 is 0 Å². The van der Waals surface area contributed by atoms with Crippen molar-refractivity contribution in [3.8, 4) is 6.07 Å². The fourth-order valence-corrected chi connectivity index (χ4v) is 0.910. The Balaban J connectivity index is 3.24. The van der Waals surface area contributed by atoms with Crippen molar-refractivity contribution < 1.29 is 9.59 Å². The van der Waals surface area contributed by atoms with Gasteiger partial charge in [0.05, 0.1) is 19.0 Å². The van der Waals surface area contributed by atoms with E-state index in [2.05, 4.69) is 10.6 Å². The summed E-state index contributed by atoms with van der Waals surface area (Å²) >= 11 is 0. The molecule has 0 aliphatic carbocycles. The number of amides is 2. The molecule has 0 unspecified atom stereocenters. The highest BCUT2D eigenvalue weighted by Gasteiger charge is 1.99. The van der Waals surface area contributed by atoms with Crippen LogP contribution in [0.1, 0.15) is 19.3 Å². The predicted molar refractivity (Wildman–Crippen MR) is 54.5 cm³/mol. The lowest BCUT2D eigenvalue weighted by Crippen LogP contribution is -2.34. The molecule has 0 aromatic rings. The van der Waals surface area contributed by atoms with Crippen molar-refractivity contribution in [1.82, 2.24) is 10.6 Å². The van der Waals surface area contributed by atoms with Gasteiger partial charge in [-0.3, -0.25) is 9.59 Å². The van der Waals surface area contributed by atoms with Gasteiger partial charge in [0.15, 0.2) is 0 Å². The number of nitrogens with one attached hydrogen (secondary N) is 2. The molecule has 0 spiro atoms. The van der Waals surface area contributed by atoms with Gasteiger partial charge in [0, 0.05) is 13.0 Å². The van der Waals surface area contributed by atoms with E-state index in [4.69, 9.17) is 11.0 Å². The molecule has 0 radical (unpaired) electrons. The maximum absolute atomic E-state index is 11.0. The van der Waals surface area contributed by atoms with Gasteiger partial charge in [-0.15, -0.1) is 0 Å². The summed E-state index contributed by atoms with van der Waals surface area (Å²) in [7, 11) is 0. The van der Waals surface area contributed by atoms with Crippen LogP contribution in [0.5, 0.6) is 0 Å². The molecule has 0 atom stereocenters. The van der Waals surface area contributed by atoms with Gasteiger partial charge in [-0.2, -0.15) is 5.26 Å². The average molecular weight is 212 g/mol. The highest BCUT2D eigenvalue weighted by Crippen LogP contribution is 1.83. The van der Waals surface area contributed by atoms with Crippen LogP contribution in [0.4, 0.5) is 0 Å². The summed E-state index contributed by atoms with van der Waals surface area (Å²) in [6.07, 6.45) is 1.26. The summed E-state index contributed by atoms with van der Waals surface area (Å²) in [4.78, 5) is 21.4. The number of rotatable bonds is 8. The van der Waals surface area contributed by atoms with E-state index in [9.17, 15) is 9.59 Å². The number of nitrogens with two attached hydrogens (primary N) is 1. The lowest BCUT2D eigenvalue weighted by Gasteiger charge is -2.04. The van der Waals surface area contributed by atoms with Crippen molar-refractivity contribution in [2.75, 3.05) is 19.6 Å². The molecule has 0 aromatic heterocycles. The first-order valence-electron chi connectivity index (χ1n) is 4.79. The van der Waals surface area contributed by atoms with E-state index in [0.29, 0.717) is 32.4 Å². The van der Waals surface area contributed by atoms with Crippen molar-refractivity contribution in [1.29, 1.82) is 5.26 Å². The van der Waals surface area contributed by atoms with Crippen LogP contribution >= 0.6 is 0 Å². The minimum absolute atomic E-state index is 0.149. The largest absolute Gasteiger partial charge is 0.370 e. The standard InChI is InChI=1S/C9H16N4O2/c10-4-2-6-13-9(15)7-12-5-1-3-8(11)14/h12H,1-3,5-7H2,(H2,11,14)(H,13,15). The molecule has 0 bridgehead atoms. The van der Waals surface area contributed by atoms with Crippen LogP contribution in [0, 0.1) is 11.3 Å². The fraction of sp³-hybridized carbons (Fsp3) is 0.667. The molecule has 0 saturated heterocycles. The third kappa shape index (κ3) is 10.3. The SMILES string of the molecule is N#CCCNC(=O)CNCCCC(N)=O. The molecule has 0 aromatic carbocycles. The van der Waals surface area contributed by atoms with Gasteiger partial charge in [0.25, 0.3) is 0 Å². The second-order valence-electron chi connectivity index (χ2n) is 3.00. The quantitative estimate of drug-likeness (QED) is 0.442. The lowest BCUT2D eigenvalue weighted by molar-refractivity contribution is -0.120. The lowest BCUT2D eigenvalue weighted by atomic mass is 10.3. The molecule has 0 saturated carbocycles. The van der Waals surface area contributed by atoms with Gasteiger partial charge in [-0.1, -0.05) is 0 Å². The molecule has 15 heavy (non-hydrogen) atoms. The summed E-state index contributed by atoms with van der Waals surface area (Å²) in [6.45, 7) is 1.15. The van der Waals surface area contributed by atoms with Crippen molar-refractivity contribution in [3.63, 3.8) is 0 Å². The van der Waals surface area contributed by atoms with Crippen LogP contribution in [-0.4, -0.2) is 31.4 Å². The van der Waals surface area contributed by atoms with Gasteiger partial charge < -0.3 is 16.4 Å². The first-order valence-corrected chi connectivity index (χ1v) is 4.79. The zero-order valence-corrected chi connectivity index (χ0v) is 8.58. The summed E-state index contributed by atoms with van der Waals surface area (Å²) in [5, 5.41) is 13.6. The number of nitrogens with zero attached hydrogens (tertiary/aromatic N) is 1. The molecule has 0 fully saturated rings. The first-order chi connectivity index (χ1) is 7.16. The topological polar surface area (TPSA) is 108 Å². The number of carbonyl (C=O) groups excluding carboxylic acids is 2. The van der Waals surface area contributed by atoms with Crippen molar-refractivity contribution in [3.05, 3.63) is 0 Å². The smallest absolute Gasteiger partial charge is 0.233 e. The monoisotopic (exact) mass is 212 g/mol. The highest BCUT2D eigenvalue weighted by molar-refractivity contribution is 5.78. The van der Waals surface area contributed by atoms with E-state index in [1.54, 1.807) is 0 Å². The van der Waals surface area contributed by atoms with Crippen LogP contribution in [0.3, 0.4) is 0 Å². The van der Waals surface area contributed by atoms with Crippen molar-refractivity contribution >= 4 is 11.8 Å². The molecule has 84 valence electrons. The van der Waals surface area contributed by atoms with Crippen molar-refractivity contribution in [2.24, 2.45) is 5.73 Å². The number of hydrogen-bond donors (Lipinski definition) is 3. The number of carbonyl (C=O) groups is 2. The van der Waals surface area contributed by atoms with Gasteiger partial charge in [0.1, 0.15) is 0 Å². The molecular formula is C9H16N4O2. The fourth-order valence-electron chi connectivity index (χ4n) is 0.910. The highest BCUT2D eigenvalue weighted by atomic mass is 16.2. The summed E-state index contributed by atoms with van der Waals surface area (Å²) in [5.41, 5.74) is 4.94. The molecule has 0 rings (SSSR count). The summed E-state index contributed by atoms with van der Waals surface area (Å²) in [6, 6.07) is 1.93. The van der Waals surface area contributed by atoms with Gasteiger partial charge in [-0.05, 0) is 13.0 Å². The van der Waals surface area contributed by atoms with E-state index in [-0.39, 0.29) is 18.4 Å². The van der Waals surface area contributed by atoms with Crippen LogP contribution in [-0.2, 0) is 9.59 Å². The minimum Gasteiger partial charge on any atom is -0.370 e. The summed E-state index contributed by atoms with van der Waals surface area (Å²) < 4.78 is 0. The predicted octanol–water partition coefficient (Wildman–Crippen LogP) is -1.13. The zero-order valence-electron chi connectivity index (χ0n) is 8.58. The van der Waals surface area contributed by atoms with Gasteiger partial charge in [0.2, 0.25) is 11.8 Å². The van der Waals surface area contributed by atoms with Gasteiger partial charge in [-0.25, -0.2) is 0 Å². The Labute approximate surface area is 88.8 Å². The second kappa shape index (κ2) is 8.97. The Hall–Kier alpha value is -1.61.